The highest BCUT2D eigenvalue weighted by atomic mass is 16.5. The Labute approximate surface area is 143 Å². The molecule has 0 amide bonds. The van der Waals surface area contributed by atoms with Crippen LogP contribution in [-0.4, -0.2) is 40.7 Å². The fourth-order valence-electron chi connectivity index (χ4n) is 2.89. The van der Waals surface area contributed by atoms with Crippen LogP contribution in [0.1, 0.15) is 26.0 Å². The molecule has 0 bridgehead atoms. The molecule has 0 spiro atoms. The van der Waals surface area contributed by atoms with Gasteiger partial charge in [0, 0.05) is 25.3 Å². The lowest BCUT2D eigenvalue weighted by Crippen LogP contribution is -2.24. The molecule has 3 heterocycles. The number of hydrogen-bond acceptors (Lipinski definition) is 6. The molecule has 6 nitrogen and oxygen atoms in total. The molecular formula is C18H25N5O. The minimum absolute atomic E-state index is 0.104. The molecule has 3 rings (SSSR count). The Morgan fingerprint density at radius 3 is 2.96 bits per heavy atom. The number of anilines is 2. The first kappa shape index (κ1) is 16.5. The first-order valence-corrected chi connectivity index (χ1v) is 8.51. The number of aromatic nitrogens is 3. The predicted molar refractivity (Wildman–Crippen MR) is 95.6 cm³/mol. The molecule has 1 fully saturated rings. The van der Waals surface area contributed by atoms with Crippen molar-refractivity contribution in [2.24, 2.45) is 5.92 Å². The van der Waals surface area contributed by atoms with E-state index >= 15 is 0 Å². The number of hydrogen-bond donors (Lipinski definition) is 1. The van der Waals surface area contributed by atoms with Crippen molar-refractivity contribution in [2.45, 2.75) is 33.3 Å². The van der Waals surface area contributed by atoms with Crippen LogP contribution in [0, 0.1) is 12.8 Å². The van der Waals surface area contributed by atoms with Gasteiger partial charge in [0.2, 0.25) is 5.88 Å². The van der Waals surface area contributed by atoms with E-state index in [2.05, 4.69) is 25.2 Å². The van der Waals surface area contributed by atoms with Gasteiger partial charge >= 0.3 is 0 Å². The maximum absolute atomic E-state index is 5.64. The predicted octanol–water partition coefficient (Wildman–Crippen LogP) is 2.91. The zero-order chi connectivity index (χ0) is 16.9. The molecule has 0 radical (unpaired) electrons. The van der Waals surface area contributed by atoms with Crippen molar-refractivity contribution in [2.75, 3.05) is 29.9 Å². The monoisotopic (exact) mass is 327 g/mol. The van der Waals surface area contributed by atoms with E-state index in [0.717, 1.165) is 43.4 Å². The zero-order valence-electron chi connectivity index (χ0n) is 14.6. The second-order valence-electron chi connectivity index (χ2n) is 6.53. The van der Waals surface area contributed by atoms with Crippen LogP contribution >= 0.6 is 0 Å². The standard InChI is InChI=1S/C18H25N5O/c1-13(2)24-18-11-19-10-17(22-18)23-8-7-15(12-23)9-20-16-6-4-5-14(3)21-16/h4-6,10-11,13,15H,7-9,12H2,1-3H3,(H,20,21)/t15-/m0/s1. The lowest BCUT2D eigenvalue weighted by Gasteiger charge is -2.18. The van der Waals surface area contributed by atoms with Crippen LogP contribution < -0.4 is 15.0 Å². The largest absolute Gasteiger partial charge is 0.474 e. The number of nitrogens with one attached hydrogen (secondary N) is 1. The van der Waals surface area contributed by atoms with Crippen LogP contribution in [0.5, 0.6) is 5.88 Å². The van der Waals surface area contributed by atoms with Gasteiger partial charge < -0.3 is 15.0 Å². The maximum Gasteiger partial charge on any atom is 0.234 e. The van der Waals surface area contributed by atoms with Gasteiger partial charge in [0.1, 0.15) is 5.82 Å². The highest BCUT2D eigenvalue weighted by molar-refractivity contribution is 5.40. The van der Waals surface area contributed by atoms with E-state index in [0.29, 0.717) is 11.8 Å². The Morgan fingerprint density at radius 1 is 1.29 bits per heavy atom. The summed E-state index contributed by atoms with van der Waals surface area (Å²) < 4.78 is 5.64. The third kappa shape index (κ3) is 4.34. The number of rotatable bonds is 6. The lowest BCUT2D eigenvalue weighted by atomic mass is 10.1. The minimum Gasteiger partial charge on any atom is -0.474 e. The highest BCUT2D eigenvalue weighted by Gasteiger charge is 2.24. The van der Waals surface area contributed by atoms with Gasteiger partial charge in [-0.2, -0.15) is 4.98 Å². The molecule has 1 atom stereocenters. The molecule has 6 heteroatoms. The van der Waals surface area contributed by atoms with E-state index in [9.17, 15) is 0 Å². The second-order valence-corrected chi connectivity index (χ2v) is 6.53. The minimum atomic E-state index is 0.104. The summed E-state index contributed by atoms with van der Waals surface area (Å²) in [6, 6.07) is 6.05. The Hall–Kier alpha value is -2.37. The van der Waals surface area contributed by atoms with Gasteiger partial charge in [-0.25, -0.2) is 4.98 Å². The average molecular weight is 327 g/mol. The topological polar surface area (TPSA) is 63.2 Å². The molecule has 0 aromatic carbocycles. The smallest absolute Gasteiger partial charge is 0.234 e. The van der Waals surface area contributed by atoms with Crippen molar-refractivity contribution in [1.82, 2.24) is 15.0 Å². The summed E-state index contributed by atoms with van der Waals surface area (Å²) in [5.74, 6) is 3.00. The average Bonchev–Trinajstić information content (AvgIpc) is 3.02. The second kappa shape index (κ2) is 7.47. The molecule has 1 aliphatic heterocycles. The molecule has 1 N–H and O–H groups in total. The molecule has 1 saturated heterocycles. The molecule has 128 valence electrons. The molecule has 0 aliphatic carbocycles. The molecule has 2 aromatic heterocycles. The molecule has 0 saturated carbocycles. The van der Waals surface area contributed by atoms with Gasteiger partial charge in [-0.1, -0.05) is 6.07 Å². The van der Waals surface area contributed by atoms with Crippen molar-refractivity contribution in [3.8, 4) is 5.88 Å². The fourth-order valence-corrected chi connectivity index (χ4v) is 2.89. The van der Waals surface area contributed by atoms with E-state index in [1.54, 1.807) is 6.20 Å². The van der Waals surface area contributed by atoms with Crippen LogP contribution in [-0.2, 0) is 0 Å². The summed E-state index contributed by atoms with van der Waals surface area (Å²) >= 11 is 0. The van der Waals surface area contributed by atoms with Gasteiger partial charge in [0.05, 0.1) is 18.5 Å². The molecule has 1 aliphatic rings. The van der Waals surface area contributed by atoms with Crippen LogP contribution in [0.3, 0.4) is 0 Å². The Morgan fingerprint density at radius 2 is 2.17 bits per heavy atom. The summed E-state index contributed by atoms with van der Waals surface area (Å²) in [6.45, 7) is 8.87. The summed E-state index contributed by atoms with van der Waals surface area (Å²) in [4.78, 5) is 15.6. The Bertz CT molecular complexity index is 676. The van der Waals surface area contributed by atoms with Gasteiger partial charge in [-0.15, -0.1) is 0 Å². The molecular weight excluding hydrogens is 302 g/mol. The Kier molecular flexibility index (Phi) is 5.13. The van der Waals surface area contributed by atoms with E-state index in [1.807, 2.05) is 45.2 Å². The van der Waals surface area contributed by atoms with Crippen LogP contribution in [0.15, 0.2) is 30.6 Å². The quantitative estimate of drug-likeness (QED) is 0.880. The Balaban J connectivity index is 1.55. The van der Waals surface area contributed by atoms with E-state index in [4.69, 9.17) is 4.74 Å². The van der Waals surface area contributed by atoms with Gasteiger partial charge in [0.25, 0.3) is 0 Å². The lowest BCUT2D eigenvalue weighted by molar-refractivity contribution is 0.231. The van der Waals surface area contributed by atoms with E-state index in [1.165, 1.54) is 0 Å². The highest BCUT2D eigenvalue weighted by Crippen LogP contribution is 2.23. The summed E-state index contributed by atoms with van der Waals surface area (Å²) in [5, 5.41) is 3.44. The zero-order valence-corrected chi connectivity index (χ0v) is 14.6. The van der Waals surface area contributed by atoms with Crippen molar-refractivity contribution >= 4 is 11.6 Å². The SMILES string of the molecule is Cc1cccc(NC[C@@H]2CCN(c3cncc(OC(C)C)n3)C2)n1. The number of aryl methyl sites for hydroxylation is 1. The number of ether oxygens (including phenoxy) is 1. The maximum atomic E-state index is 5.64. The molecule has 2 aromatic rings. The third-order valence-electron chi connectivity index (χ3n) is 4.03. The summed E-state index contributed by atoms with van der Waals surface area (Å²) in [7, 11) is 0. The van der Waals surface area contributed by atoms with Crippen molar-refractivity contribution < 1.29 is 4.74 Å². The first-order valence-electron chi connectivity index (χ1n) is 8.51. The van der Waals surface area contributed by atoms with Crippen LogP contribution in [0.4, 0.5) is 11.6 Å². The van der Waals surface area contributed by atoms with E-state index in [-0.39, 0.29) is 6.10 Å². The fraction of sp³-hybridized carbons (Fsp3) is 0.500. The third-order valence-corrected chi connectivity index (χ3v) is 4.03. The van der Waals surface area contributed by atoms with Crippen molar-refractivity contribution in [1.29, 1.82) is 0 Å². The normalized spacial score (nSPS) is 17.3. The van der Waals surface area contributed by atoms with Crippen molar-refractivity contribution in [3.05, 3.63) is 36.3 Å². The summed E-state index contributed by atoms with van der Waals surface area (Å²) in [6.07, 6.45) is 4.72. The molecule has 24 heavy (non-hydrogen) atoms. The van der Waals surface area contributed by atoms with Crippen LogP contribution in [0.2, 0.25) is 0 Å². The van der Waals surface area contributed by atoms with Gasteiger partial charge in [-0.05, 0) is 45.2 Å². The van der Waals surface area contributed by atoms with Crippen LogP contribution in [0.25, 0.3) is 0 Å². The number of nitrogens with zero attached hydrogens (tertiary/aromatic N) is 4. The van der Waals surface area contributed by atoms with Gasteiger partial charge in [-0.3, -0.25) is 4.98 Å². The first-order chi connectivity index (χ1) is 11.6. The molecule has 0 unspecified atom stereocenters. The summed E-state index contributed by atoms with van der Waals surface area (Å²) in [5.41, 5.74) is 1.03. The van der Waals surface area contributed by atoms with Gasteiger partial charge in [0.15, 0.2) is 5.82 Å². The van der Waals surface area contributed by atoms with Crippen molar-refractivity contribution in [3.63, 3.8) is 0 Å². The number of pyridine rings is 1. The van der Waals surface area contributed by atoms with E-state index < -0.39 is 0 Å².